The van der Waals surface area contributed by atoms with E-state index in [9.17, 15) is 0 Å². The highest BCUT2D eigenvalue weighted by Crippen LogP contribution is 2.58. The normalized spacial score (nSPS) is 12.4. The standard InChI is InChI=1S/C64H36/c1-4-17-37(18-5-1)42-27-10-11-28-44(42)55-49-33-16-34-50-56(49)60(62-48-32-15-26-40-24-13-30-46(53(40)48)59(55)62)51-36-35-43(38-19-6-2-7-20-38)57-54(41-21-8-3-9-22-41)58-45-29-12-23-39-25-14-31-47(52(39)45)61(58)63(50)64(51)57/h1-36H. The lowest BCUT2D eigenvalue weighted by Crippen LogP contribution is -1.95. The van der Waals surface area contributed by atoms with Crippen molar-refractivity contribution in [3.05, 3.63) is 218 Å². The van der Waals surface area contributed by atoms with Gasteiger partial charge in [0.25, 0.3) is 0 Å². The van der Waals surface area contributed by atoms with Crippen molar-refractivity contribution < 1.29 is 0 Å². The molecule has 292 valence electrons. The lowest BCUT2D eigenvalue weighted by molar-refractivity contribution is 1.61. The molecule has 0 unspecified atom stereocenters. The maximum atomic E-state index is 2.48. The summed E-state index contributed by atoms with van der Waals surface area (Å²) in [5.41, 5.74) is 10.1. The van der Waals surface area contributed by atoms with Gasteiger partial charge in [-0.3, -0.25) is 0 Å². The van der Waals surface area contributed by atoms with Crippen LogP contribution in [0.15, 0.2) is 218 Å². The number of hydrogen-bond donors (Lipinski definition) is 0. The molecule has 15 rings (SSSR count). The molecule has 0 spiro atoms. The summed E-state index contributed by atoms with van der Waals surface area (Å²) < 4.78 is 0. The van der Waals surface area contributed by atoms with Crippen LogP contribution in [0.5, 0.6) is 0 Å². The van der Waals surface area contributed by atoms with Crippen LogP contribution in [0.4, 0.5) is 0 Å². The summed E-state index contributed by atoms with van der Waals surface area (Å²) in [5.74, 6) is 0. The Morgan fingerprint density at radius 2 is 0.531 bits per heavy atom. The molecule has 0 saturated heterocycles. The van der Waals surface area contributed by atoms with Crippen LogP contribution >= 0.6 is 0 Å². The fraction of sp³-hybridized carbons (Fsp3) is 0. The van der Waals surface area contributed by atoms with Gasteiger partial charge in [0.15, 0.2) is 0 Å². The van der Waals surface area contributed by atoms with E-state index in [-0.39, 0.29) is 0 Å². The van der Waals surface area contributed by atoms with Gasteiger partial charge in [0.2, 0.25) is 0 Å². The highest BCUT2D eigenvalue weighted by atomic mass is 14.3. The molecule has 0 heterocycles. The van der Waals surface area contributed by atoms with E-state index < -0.39 is 0 Å². The van der Waals surface area contributed by atoms with Gasteiger partial charge in [-0.25, -0.2) is 0 Å². The molecule has 0 fully saturated rings. The van der Waals surface area contributed by atoms with Crippen LogP contribution in [0, 0.1) is 0 Å². The Labute approximate surface area is 368 Å². The first-order valence-corrected chi connectivity index (χ1v) is 22.4. The number of rotatable bonds is 4. The highest BCUT2D eigenvalue weighted by molar-refractivity contribution is 6.53. The van der Waals surface area contributed by atoms with Crippen molar-refractivity contribution in [2.24, 2.45) is 0 Å². The average Bonchev–Trinajstić information content (AvgIpc) is 3.88. The highest BCUT2D eigenvalue weighted by Gasteiger charge is 2.30. The Hall–Kier alpha value is -8.32. The summed E-state index contributed by atoms with van der Waals surface area (Å²) in [7, 11) is 0. The summed E-state index contributed by atoms with van der Waals surface area (Å²) in [6.45, 7) is 0. The zero-order valence-corrected chi connectivity index (χ0v) is 34.8. The molecule has 0 atom stereocenters. The summed E-state index contributed by atoms with van der Waals surface area (Å²) in [4.78, 5) is 0. The molecular weight excluding hydrogens is 769 g/mol. The second kappa shape index (κ2) is 12.6. The van der Waals surface area contributed by atoms with Crippen LogP contribution in [0.25, 0.3) is 152 Å². The first-order valence-electron chi connectivity index (χ1n) is 22.4. The van der Waals surface area contributed by atoms with Gasteiger partial charge in [-0.2, -0.15) is 0 Å². The molecule has 0 aliphatic heterocycles. The van der Waals surface area contributed by atoms with Crippen LogP contribution in [-0.2, 0) is 0 Å². The number of hydrogen-bond acceptors (Lipinski definition) is 0. The van der Waals surface area contributed by atoms with E-state index in [1.165, 1.54) is 152 Å². The fourth-order valence-corrected chi connectivity index (χ4v) is 12.3. The predicted molar refractivity (Wildman–Crippen MR) is 277 cm³/mol. The molecule has 0 amide bonds. The van der Waals surface area contributed by atoms with Gasteiger partial charge < -0.3 is 0 Å². The maximum absolute atomic E-state index is 2.48. The quantitative estimate of drug-likeness (QED) is 0.123. The Bertz CT molecular complexity index is 4360. The molecule has 0 aliphatic carbocycles. The Balaban J connectivity index is 1.30. The summed E-state index contributed by atoms with van der Waals surface area (Å²) in [6, 6.07) is 82.1. The van der Waals surface area contributed by atoms with Gasteiger partial charge in [0, 0.05) is 0 Å². The van der Waals surface area contributed by atoms with E-state index in [0.29, 0.717) is 0 Å². The molecule has 64 heavy (non-hydrogen) atoms. The van der Waals surface area contributed by atoms with Gasteiger partial charge >= 0.3 is 0 Å². The molecule has 0 nitrogen and oxygen atoms in total. The SMILES string of the molecule is c1ccc(-c2ccccc2-c2c3cccc4c3c(c3ccc(-c5ccccc5)c5c(-c6ccccc6)c6c7cccc8cccc(c87)c6c4c53)c3c4cccc5cccc(c23)c54)cc1. The van der Waals surface area contributed by atoms with Crippen molar-refractivity contribution in [1.29, 1.82) is 0 Å². The smallest absolute Gasteiger partial charge is 0.000695 e. The molecular formula is C64H36. The molecule has 15 aromatic rings. The van der Waals surface area contributed by atoms with Crippen molar-refractivity contribution >= 4 is 108 Å². The topological polar surface area (TPSA) is 0 Å². The monoisotopic (exact) mass is 804 g/mol. The van der Waals surface area contributed by atoms with Gasteiger partial charge in [-0.15, -0.1) is 0 Å². The first kappa shape index (κ1) is 34.3. The maximum Gasteiger partial charge on any atom is -0.000695 e. The third kappa shape index (κ3) is 4.32. The fourth-order valence-electron chi connectivity index (χ4n) is 12.3. The lowest BCUT2D eigenvalue weighted by Gasteiger charge is -2.24. The molecule has 0 saturated carbocycles. The molecule has 0 N–H and O–H groups in total. The van der Waals surface area contributed by atoms with Gasteiger partial charge in [-0.05, 0) is 152 Å². The van der Waals surface area contributed by atoms with E-state index in [1.54, 1.807) is 0 Å². The minimum Gasteiger partial charge on any atom is -0.0622 e. The summed E-state index contributed by atoms with van der Waals surface area (Å²) in [6.07, 6.45) is 0. The van der Waals surface area contributed by atoms with Gasteiger partial charge in [0.05, 0.1) is 0 Å². The number of benzene rings is 13. The second-order valence-electron chi connectivity index (χ2n) is 17.7. The van der Waals surface area contributed by atoms with Gasteiger partial charge in [0.1, 0.15) is 0 Å². The Kier molecular flexibility index (Phi) is 6.77. The van der Waals surface area contributed by atoms with Crippen molar-refractivity contribution in [3.8, 4) is 44.5 Å². The average molecular weight is 805 g/mol. The van der Waals surface area contributed by atoms with E-state index >= 15 is 0 Å². The lowest BCUT2D eigenvalue weighted by atomic mass is 9.78. The van der Waals surface area contributed by atoms with E-state index in [0.717, 1.165) is 0 Å². The minimum atomic E-state index is 1.22. The van der Waals surface area contributed by atoms with Crippen molar-refractivity contribution in [2.75, 3.05) is 0 Å². The minimum absolute atomic E-state index is 1.22. The van der Waals surface area contributed by atoms with Crippen LogP contribution in [0.3, 0.4) is 0 Å². The Morgan fingerprint density at radius 1 is 0.156 bits per heavy atom. The predicted octanol–water partition coefficient (Wildman–Crippen LogP) is 18.2. The zero-order valence-electron chi connectivity index (χ0n) is 34.8. The van der Waals surface area contributed by atoms with Gasteiger partial charge in [-0.1, -0.05) is 218 Å². The molecule has 0 radical (unpaired) electrons. The van der Waals surface area contributed by atoms with E-state index in [1.807, 2.05) is 0 Å². The molecule has 0 aliphatic rings. The Morgan fingerprint density at radius 3 is 1.11 bits per heavy atom. The number of fused-ring (bicyclic) bond motifs is 10. The largest absolute Gasteiger partial charge is 0.0622 e. The summed E-state index contributed by atoms with van der Waals surface area (Å²) >= 11 is 0. The van der Waals surface area contributed by atoms with Crippen molar-refractivity contribution in [3.63, 3.8) is 0 Å². The van der Waals surface area contributed by atoms with Crippen LogP contribution in [-0.4, -0.2) is 0 Å². The van der Waals surface area contributed by atoms with E-state index in [4.69, 9.17) is 0 Å². The molecule has 0 bridgehead atoms. The zero-order chi connectivity index (χ0) is 41.6. The summed E-state index contributed by atoms with van der Waals surface area (Å²) in [5, 5.41) is 26.5. The molecule has 0 heteroatoms. The molecule has 15 aromatic carbocycles. The van der Waals surface area contributed by atoms with Crippen LogP contribution in [0.2, 0.25) is 0 Å². The van der Waals surface area contributed by atoms with Crippen LogP contribution < -0.4 is 0 Å². The van der Waals surface area contributed by atoms with Crippen molar-refractivity contribution in [1.82, 2.24) is 0 Å². The second-order valence-corrected chi connectivity index (χ2v) is 17.7. The third-order valence-electron chi connectivity index (χ3n) is 14.6. The van der Waals surface area contributed by atoms with Crippen molar-refractivity contribution in [2.45, 2.75) is 0 Å². The van der Waals surface area contributed by atoms with Crippen LogP contribution in [0.1, 0.15) is 0 Å². The third-order valence-corrected chi connectivity index (χ3v) is 14.6. The van der Waals surface area contributed by atoms with E-state index in [2.05, 4.69) is 218 Å². The molecule has 0 aromatic heterocycles. The first-order chi connectivity index (χ1) is 31.8.